The molecule has 1 N–H and O–H groups in total. The largest absolute Gasteiger partial charge is 0.334 e. The third-order valence-corrected chi connectivity index (χ3v) is 3.97. The molecule has 0 aliphatic rings. The monoisotopic (exact) mass is 334 g/mol. The van der Waals surface area contributed by atoms with E-state index in [1.807, 2.05) is 26.0 Å². The fraction of sp³-hybridized carbons (Fsp3) is 0.118. The SMILES string of the molecule is Cc1ccc(-n2c(=O)[nH]c3nc(-n4ccnc4)ncc3c2=O)c(C)c1. The number of imidazole rings is 1. The maximum absolute atomic E-state index is 12.8. The second-order valence-electron chi connectivity index (χ2n) is 5.76. The second-order valence-corrected chi connectivity index (χ2v) is 5.76. The smallest absolute Gasteiger partial charge is 0.291 e. The summed E-state index contributed by atoms with van der Waals surface area (Å²) in [5, 5.41) is 0.239. The molecule has 0 saturated heterocycles. The van der Waals surface area contributed by atoms with Crippen molar-refractivity contribution in [1.29, 1.82) is 0 Å². The molecule has 3 aromatic heterocycles. The van der Waals surface area contributed by atoms with Crippen LogP contribution >= 0.6 is 0 Å². The highest BCUT2D eigenvalue weighted by Gasteiger charge is 2.13. The van der Waals surface area contributed by atoms with Crippen LogP contribution in [0, 0.1) is 13.8 Å². The molecule has 0 aliphatic heterocycles. The first-order valence-electron chi connectivity index (χ1n) is 7.62. The molecule has 4 rings (SSSR count). The van der Waals surface area contributed by atoms with Crippen LogP contribution in [-0.4, -0.2) is 29.1 Å². The molecule has 0 spiro atoms. The molecule has 124 valence electrons. The van der Waals surface area contributed by atoms with Gasteiger partial charge in [-0.15, -0.1) is 0 Å². The first kappa shape index (κ1) is 15.0. The Hall–Kier alpha value is -3.55. The van der Waals surface area contributed by atoms with Gasteiger partial charge in [0, 0.05) is 18.6 Å². The first-order chi connectivity index (χ1) is 12.0. The fourth-order valence-electron chi connectivity index (χ4n) is 2.77. The normalized spacial score (nSPS) is 11.1. The van der Waals surface area contributed by atoms with E-state index < -0.39 is 11.2 Å². The predicted molar refractivity (Wildman–Crippen MR) is 92.4 cm³/mol. The van der Waals surface area contributed by atoms with Gasteiger partial charge in [-0.25, -0.2) is 19.3 Å². The number of aromatic amines is 1. The Bertz CT molecular complexity index is 1200. The Balaban J connectivity index is 1.98. The van der Waals surface area contributed by atoms with Crippen molar-refractivity contribution >= 4 is 11.0 Å². The van der Waals surface area contributed by atoms with E-state index in [1.54, 1.807) is 23.0 Å². The first-order valence-corrected chi connectivity index (χ1v) is 7.62. The van der Waals surface area contributed by atoms with Crippen LogP contribution in [-0.2, 0) is 0 Å². The number of rotatable bonds is 2. The molecule has 8 nitrogen and oxygen atoms in total. The summed E-state index contributed by atoms with van der Waals surface area (Å²) in [6, 6.07) is 5.54. The third-order valence-electron chi connectivity index (χ3n) is 3.97. The summed E-state index contributed by atoms with van der Waals surface area (Å²) in [6.45, 7) is 3.81. The molecular formula is C17H14N6O2. The molecule has 0 atom stereocenters. The molecule has 1 aromatic carbocycles. The van der Waals surface area contributed by atoms with E-state index in [0.29, 0.717) is 11.6 Å². The zero-order valence-corrected chi connectivity index (χ0v) is 13.6. The van der Waals surface area contributed by atoms with Gasteiger partial charge in [-0.1, -0.05) is 17.7 Å². The van der Waals surface area contributed by atoms with E-state index in [1.165, 1.54) is 12.5 Å². The van der Waals surface area contributed by atoms with Gasteiger partial charge >= 0.3 is 5.69 Å². The van der Waals surface area contributed by atoms with Crippen molar-refractivity contribution in [1.82, 2.24) is 29.1 Å². The predicted octanol–water partition coefficient (Wildman–Crippen LogP) is 1.27. The van der Waals surface area contributed by atoms with Crippen molar-refractivity contribution in [3.8, 4) is 11.6 Å². The highest BCUT2D eigenvalue weighted by atomic mass is 16.2. The van der Waals surface area contributed by atoms with Gasteiger partial charge in [-0.05, 0) is 25.5 Å². The maximum atomic E-state index is 12.8. The van der Waals surface area contributed by atoms with Crippen LogP contribution in [0.25, 0.3) is 22.7 Å². The summed E-state index contributed by atoms with van der Waals surface area (Å²) in [7, 11) is 0. The van der Waals surface area contributed by atoms with Crippen molar-refractivity contribution in [2.45, 2.75) is 13.8 Å². The number of fused-ring (bicyclic) bond motifs is 1. The average Bonchev–Trinajstić information content (AvgIpc) is 3.10. The lowest BCUT2D eigenvalue weighted by Crippen LogP contribution is -2.34. The molecule has 0 amide bonds. The number of H-pyrrole nitrogens is 1. The van der Waals surface area contributed by atoms with Gasteiger partial charge in [0.15, 0.2) is 5.65 Å². The highest BCUT2D eigenvalue weighted by molar-refractivity contribution is 5.73. The molecule has 0 unspecified atom stereocenters. The molecule has 0 fully saturated rings. The number of aryl methyl sites for hydroxylation is 2. The van der Waals surface area contributed by atoms with Crippen LogP contribution in [0.3, 0.4) is 0 Å². The standard InChI is InChI=1S/C17H14N6O2/c1-10-3-4-13(11(2)7-10)23-15(24)12-8-19-16(22-6-5-18-9-22)20-14(12)21-17(23)25/h3-9H,1-2H3,(H,19,20,21,25). The van der Waals surface area contributed by atoms with E-state index in [-0.39, 0.29) is 11.0 Å². The molecule has 0 saturated carbocycles. The van der Waals surface area contributed by atoms with E-state index in [0.717, 1.165) is 15.7 Å². The van der Waals surface area contributed by atoms with E-state index >= 15 is 0 Å². The number of aromatic nitrogens is 6. The fourth-order valence-corrected chi connectivity index (χ4v) is 2.77. The molecule has 25 heavy (non-hydrogen) atoms. The average molecular weight is 334 g/mol. The van der Waals surface area contributed by atoms with Gasteiger partial charge in [0.05, 0.1) is 5.69 Å². The van der Waals surface area contributed by atoms with Gasteiger partial charge in [-0.3, -0.25) is 14.3 Å². The van der Waals surface area contributed by atoms with Gasteiger partial charge in [0.2, 0.25) is 5.95 Å². The number of nitrogens with zero attached hydrogens (tertiary/aromatic N) is 5. The molecule has 0 radical (unpaired) electrons. The zero-order valence-electron chi connectivity index (χ0n) is 13.6. The summed E-state index contributed by atoms with van der Waals surface area (Å²) in [6.07, 6.45) is 6.22. The molecule has 4 aromatic rings. The van der Waals surface area contributed by atoms with Gasteiger partial charge in [0.25, 0.3) is 5.56 Å². The number of hydrogen-bond donors (Lipinski definition) is 1. The van der Waals surface area contributed by atoms with Gasteiger partial charge in [-0.2, -0.15) is 4.98 Å². The summed E-state index contributed by atoms with van der Waals surface area (Å²) < 4.78 is 2.70. The van der Waals surface area contributed by atoms with Crippen LogP contribution in [0.5, 0.6) is 0 Å². The van der Waals surface area contributed by atoms with Crippen LogP contribution < -0.4 is 11.2 Å². The summed E-state index contributed by atoms with van der Waals surface area (Å²) in [4.78, 5) is 40.4. The summed E-state index contributed by atoms with van der Waals surface area (Å²) >= 11 is 0. The van der Waals surface area contributed by atoms with E-state index in [4.69, 9.17) is 0 Å². The Morgan fingerprint density at radius 2 is 2.00 bits per heavy atom. The molecule has 0 bridgehead atoms. The van der Waals surface area contributed by atoms with E-state index in [9.17, 15) is 9.59 Å². The van der Waals surface area contributed by atoms with Crippen LogP contribution in [0.15, 0.2) is 52.7 Å². The minimum absolute atomic E-state index is 0.190. The second kappa shape index (κ2) is 5.52. The Morgan fingerprint density at radius 3 is 2.72 bits per heavy atom. The maximum Gasteiger partial charge on any atom is 0.334 e. The Kier molecular flexibility index (Phi) is 3.31. The minimum Gasteiger partial charge on any atom is -0.291 e. The summed E-state index contributed by atoms with van der Waals surface area (Å²) in [5.41, 5.74) is 1.62. The van der Waals surface area contributed by atoms with Crippen LogP contribution in [0.1, 0.15) is 11.1 Å². The van der Waals surface area contributed by atoms with Crippen molar-refractivity contribution in [2.75, 3.05) is 0 Å². The lowest BCUT2D eigenvalue weighted by Gasteiger charge is -2.10. The molecule has 0 aliphatic carbocycles. The van der Waals surface area contributed by atoms with Gasteiger partial charge < -0.3 is 0 Å². The minimum atomic E-state index is -0.542. The van der Waals surface area contributed by atoms with Crippen molar-refractivity contribution < 1.29 is 0 Å². The number of nitrogens with one attached hydrogen (secondary N) is 1. The highest BCUT2D eigenvalue weighted by Crippen LogP contribution is 2.13. The topological polar surface area (TPSA) is 98.5 Å². The number of benzene rings is 1. The lowest BCUT2D eigenvalue weighted by molar-refractivity contribution is 0.872. The van der Waals surface area contributed by atoms with Gasteiger partial charge in [0.1, 0.15) is 11.7 Å². The van der Waals surface area contributed by atoms with Crippen molar-refractivity contribution in [2.24, 2.45) is 0 Å². The number of hydrogen-bond acceptors (Lipinski definition) is 5. The molecular weight excluding hydrogens is 320 g/mol. The van der Waals surface area contributed by atoms with Crippen LogP contribution in [0.4, 0.5) is 0 Å². The summed E-state index contributed by atoms with van der Waals surface area (Å²) in [5.74, 6) is 0.323. The molecule has 8 heteroatoms. The van der Waals surface area contributed by atoms with Crippen molar-refractivity contribution in [3.05, 3.63) is 75.1 Å². The Morgan fingerprint density at radius 1 is 1.16 bits per heavy atom. The van der Waals surface area contributed by atoms with E-state index in [2.05, 4.69) is 19.9 Å². The lowest BCUT2D eigenvalue weighted by atomic mass is 10.1. The van der Waals surface area contributed by atoms with Crippen molar-refractivity contribution in [3.63, 3.8) is 0 Å². The Labute approximate surface area is 141 Å². The zero-order chi connectivity index (χ0) is 17.6. The van der Waals surface area contributed by atoms with Crippen LogP contribution in [0.2, 0.25) is 0 Å². The quantitative estimate of drug-likeness (QED) is 0.595. The molecule has 3 heterocycles. The third kappa shape index (κ3) is 2.44.